The number of fused-ring (bicyclic) bond motifs is 2. The van der Waals surface area contributed by atoms with E-state index in [-0.39, 0.29) is 5.41 Å². The summed E-state index contributed by atoms with van der Waals surface area (Å²) >= 11 is 0. The molecule has 0 bridgehead atoms. The third-order valence-corrected chi connectivity index (χ3v) is 6.25. The zero-order valence-electron chi connectivity index (χ0n) is 16.3. The number of aryl methyl sites for hydroxylation is 1. The molecule has 1 atom stereocenters. The van der Waals surface area contributed by atoms with Crippen LogP contribution in [0.5, 0.6) is 0 Å². The molecule has 1 aromatic heterocycles. The standard InChI is InChI=1S/C24H27N2/c1-17-24(2,3)21-16-18(11-13-23(21)26(17)5)10-12-19-14-15-25(4)22-9-7-6-8-20(19)22/h6-17H,1-5H3/q+1. The van der Waals surface area contributed by atoms with E-state index in [0.29, 0.717) is 6.04 Å². The molecule has 0 spiro atoms. The van der Waals surface area contributed by atoms with Crippen molar-refractivity contribution < 1.29 is 4.57 Å². The van der Waals surface area contributed by atoms with Gasteiger partial charge in [0.15, 0.2) is 6.20 Å². The third kappa shape index (κ3) is 2.52. The Kier molecular flexibility index (Phi) is 3.87. The average molecular weight is 343 g/mol. The van der Waals surface area contributed by atoms with Crippen molar-refractivity contribution in [2.75, 3.05) is 11.9 Å². The SMILES string of the molecule is CC1N(C)c2ccc(C=Cc3cc[n+](C)c4ccccc34)cc2C1(C)C. The number of hydrogen-bond acceptors (Lipinski definition) is 1. The van der Waals surface area contributed by atoms with Gasteiger partial charge in [-0.25, -0.2) is 4.57 Å². The van der Waals surface area contributed by atoms with Gasteiger partial charge in [-0.2, -0.15) is 0 Å². The Labute approximate surface area is 156 Å². The number of benzene rings is 2. The maximum absolute atomic E-state index is 2.40. The lowest BCUT2D eigenvalue weighted by molar-refractivity contribution is -0.644. The highest BCUT2D eigenvalue weighted by Crippen LogP contribution is 2.44. The van der Waals surface area contributed by atoms with E-state index in [9.17, 15) is 0 Å². The van der Waals surface area contributed by atoms with Gasteiger partial charge in [0, 0.05) is 36.3 Å². The minimum atomic E-state index is 0.168. The molecule has 1 aliphatic heterocycles. The highest BCUT2D eigenvalue weighted by atomic mass is 15.2. The van der Waals surface area contributed by atoms with E-state index in [2.05, 4.69) is 111 Å². The van der Waals surface area contributed by atoms with Gasteiger partial charge in [0.1, 0.15) is 7.05 Å². The molecule has 2 aromatic carbocycles. The van der Waals surface area contributed by atoms with Gasteiger partial charge in [-0.3, -0.25) is 0 Å². The monoisotopic (exact) mass is 343 g/mol. The van der Waals surface area contributed by atoms with Crippen LogP contribution >= 0.6 is 0 Å². The fraction of sp³-hybridized carbons (Fsp3) is 0.292. The number of rotatable bonds is 2. The highest BCUT2D eigenvalue weighted by Gasteiger charge is 2.39. The van der Waals surface area contributed by atoms with Crippen molar-refractivity contribution >= 4 is 28.7 Å². The topological polar surface area (TPSA) is 7.12 Å². The van der Waals surface area contributed by atoms with Gasteiger partial charge in [0.25, 0.3) is 0 Å². The van der Waals surface area contributed by atoms with Crippen molar-refractivity contribution in [3.8, 4) is 0 Å². The summed E-state index contributed by atoms with van der Waals surface area (Å²) < 4.78 is 2.17. The fourth-order valence-electron chi connectivity index (χ4n) is 4.12. The lowest BCUT2D eigenvalue weighted by Gasteiger charge is -2.28. The molecule has 0 saturated heterocycles. The van der Waals surface area contributed by atoms with Crippen molar-refractivity contribution in [3.63, 3.8) is 0 Å². The normalized spacial score (nSPS) is 18.7. The van der Waals surface area contributed by atoms with Crippen LogP contribution in [-0.4, -0.2) is 13.1 Å². The molecule has 132 valence electrons. The minimum Gasteiger partial charge on any atom is -0.371 e. The van der Waals surface area contributed by atoms with Crippen LogP contribution in [0.1, 0.15) is 37.5 Å². The molecular weight excluding hydrogens is 316 g/mol. The summed E-state index contributed by atoms with van der Waals surface area (Å²) in [5.74, 6) is 0. The van der Waals surface area contributed by atoms with Gasteiger partial charge in [-0.05, 0) is 41.8 Å². The van der Waals surface area contributed by atoms with E-state index in [4.69, 9.17) is 0 Å². The van der Waals surface area contributed by atoms with Crippen LogP contribution in [0.3, 0.4) is 0 Å². The van der Waals surface area contributed by atoms with Crippen LogP contribution < -0.4 is 9.47 Å². The van der Waals surface area contributed by atoms with Crippen molar-refractivity contribution in [1.29, 1.82) is 0 Å². The quantitative estimate of drug-likeness (QED) is 0.597. The molecule has 0 saturated carbocycles. The molecule has 26 heavy (non-hydrogen) atoms. The molecule has 0 aliphatic carbocycles. The smallest absolute Gasteiger partial charge is 0.212 e. The molecule has 1 aliphatic rings. The molecule has 2 nitrogen and oxygen atoms in total. The second-order valence-electron chi connectivity index (χ2n) is 8.02. The van der Waals surface area contributed by atoms with Crippen molar-refractivity contribution in [1.82, 2.24) is 0 Å². The number of pyridine rings is 1. The first-order valence-electron chi connectivity index (χ1n) is 9.32. The third-order valence-electron chi connectivity index (χ3n) is 6.25. The molecule has 0 fully saturated rings. The van der Waals surface area contributed by atoms with Crippen molar-refractivity contribution in [2.24, 2.45) is 7.05 Å². The molecule has 3 aromatic rings. The number of likely N-dealkylation sites (N-methyl/N-ethyl adjacent to an activating group) is 1. The summed E-state index contributed by atoms with van der Waals surface area (Å²) in [4.78, 5) is 2.40. The van der Waals surface area contributed by atoms with E-state index in [0.717, 1.165) is 0 Å². The van der Waals surface area contributed by atoms with Gasteiger partial charge in [0.2, 0.25) is 5.52 Å². The second-order valence-corrected chi connectivity index (χ2v) is 8.02. The van der Waals surface area contributed by atoms with Gasteiger partial charge < -0.3 is 4.90 Å². The van der Waals surface area contributed by atoms with E-state index in [1.54, 1.807) is 0 Å². The first-order valence-corrected chi connectivity index (χ1v) is 9.32. The highest BCUT2D eigenvalue weighted by molar-refractivity contribution is 5.89. The molecule has 0 radical (unpaired) electrons. The number of hydrogen-bond donors (Lipinski definition) is 0. The molecular formula is C24H27N2+. The first kappa shape index (κ1) is 16.8. The van der Waals surface area contributed by atoms with Gasteiger partial charge >= 0.3 is 0 Å². The molecule has 1 unspecified atom stereocenters. The second kappa shape index (κ2) is 5.98. The zero-order chi connectivity index (χ0) is 18.5. The zero-order valence-corrected chi connectivity index (χ0v) is 16.3. The number of anilines is 1. The Morgan fingerprint density at radius 3 is 2.62 bits per heavy atom. The van der Waals surface area contributed by atoms with E-state index < -0.39 is 0 Å². The van der Waals surface area contributed by atoms with Crippen LogP contribution in [0.25, 0.3) is 23.1 Å². The fourth-order valence-corrected chi connectivity index (χ4v) is 4.12. The number of nitrogens with zero attached hydrogens (tertiary/aromatic N) is 2. The maximum Gasteiger partial charge on any atom is 0.212 e. The summed E-state index contributed by atoms with van der Waals surface area (Å²) in [7, 11) is 4.29. The van der Waals surface area contributed by atoms with E-state index in [1.165, 1.54) is 33.3 Å². The molecule has 2 heterocycles. The Morgan fingerprint density at radius 2 is 1.81 bits per heavy atom. The number of para-hydroxylation sites is 1. The van der Waals surface area contributed by atoms with Gasteiger partial charge in [-0.1, -0.05) is 44.2 Å². The van der Waals surface area contributed by atoms with E-state index >= 15 is 0 Å². The predicted octanol–water partition coefficient (Wildman–Crippen LogP) is 4.95. The molecule has 4 rings (SSSR count). The summed E-state index contributed by atoms with van der Waals surface area (Å²) in [5.41, 5.74) is 6.73. The average Bonchev–Trinajstić information content (AvgIpc) is 2.82. The van der Waals surface area contributed by atoms with Crippen molar-refractivity contribution in [3.05, 3.63) is 71.4 Å². The summed E-state index contributed by atoms with van der Waals surface area (Å²) in [5, 5.41) is 1.28. The Balaban J connectivity index is 1.74. The van der Waals surface area contributed by atoms with Crippen LogP contribution in [0.2, 0.25) is 0 Å². The lowest BCUT2D eigenvalue weighted by atomic mass is 9.81. The van der Waals surface area contributed by atoms with E-state index in [1.807, 2.05) is 0 Å². The van der Waals surface area contributed by atoms with Crippen LogP contribution in [0.15, 0.2) is 54.7 Å². The van der Waals surface area contributed by atoms with Crippen LogP contribution in [-0.2, 0) is 12.5 Å². The molecule has 2 heteroatoms. The van der Waals surface area contributed by atoms with Gasteiger partial charge in [-0.15, -0.1) is 0 Å². The van der Waals surface area contributed by atoms with Crippen molar-refractivity contribution in [2.45, 2.75) is 32.2 Å². The predicted molar refractivity (Wildman–Crippen MR) is 111 cm³/mol. The summed E-state index contributed by atoms with van der Waals surface area (Å²) in [6, 6.07) is 18.1. The maximum atomic E-state index is 2.40. The Morgan fingerprint density at radius 1 is 1.04 bits per heavy atom. The van der Waals surface area contributed by atoms with Crippen LogP contribution in [0, 0.1) is 0 Å². The summed E-state index contributed by atoms with van der Waals surface area (Å²) in [6.07, 6.45) is 6.60. The summed E-state index contributed by atoms with van der Waals surface area (Å²) in [6.45, 7) is 7.00. The number of aromatic nitrogens is 1. The van der Waals surface area contributed by atoms with Crippen LogP contribution in [0.4, 0.5) is 5.69 Å². The Hall–Kier alpha value is -2.61. The Bertz CT molecular complexity index is 1010. The largest absolute Gasteiger partial charge is 0.371 e. The van der Waals surface area contributed by atoms with Gasteiger partial charge in [0.05, 0.1) is 5.39 Å². The lowest BCUT2D eigenvalue weighted by Crippen LogP contribution is -2.36. The molecule has 0 amide bonds. The molecule has 0 N–H and O–H groups in total. The minimum absolute atomic E-state index is 0.168. The first-order chi connectivity index (χ1) is 12.4.